The van der Waals surface area contributed by atoms with E-state index >= 15 is 0 Å². The van der Waals surface area contributed by atoms with Crippen LogP contribution >= 0.6 is 27.5 Å². The first-order valence-corrected chi connectivity index (χ1v) is 8.49. The molecule has 0 aliphatic carbocycles. The van der Waals surface area contributed by atoms with E-state index < -0.39 is 0 Å². The highest BCUT2D eigenvalue weighted by Gasteiger charge is 2.13. The Morgan fingerprint density at radius 3 is 2.50 bits per heavy atom. The molecule has 0 unspecified atom stereocenters. The van der Waals surface area contributed by atoms with Crippen LogP contribution < -0.4 is 0 Å². The van der Waals surface area contributed by atoms with Crippen LogP contribution in [0.4, 0.5) is 5.69 Å². The Hall–Kier alpha value is -2.23. The minimum absolute atomic E-state index is 0.0601. The molecule has 0 aliphatic heterocycles. The zero-order valence-electron chi connectivity index (χ0n) is 12.6. The zero-order valence-corrected chi connectivity index (χ0v) is 15.0. The highest BCUT2D eigenvalue weighted by molar-refractivity contribution is 9.10. The Bertz CT molecular complexity index is 907. The van der Waals surface area contributed by atoms with Crippen LogP contribution in [0.15, 0.2) is 82.3 Å². The molecule has 4 heteroatoms. The average molecular weight is 399 g/mol. The molecule has 0 saturated carbocycles. The standard InChI is InChI=1S/C20H13BrClNO/c21-16-9-10-19(23-13-14-5-4-8-17(22)11-14)18(12-16)20(24)15-6-2-1-3-7-15/h1-13H. The molecule has 0 radical (unpaired) electrons. The number of carbonyl (C=O) groups is 1. The van der Waals surface area contributed by atoms with Crippen molar-refractivity contribution < 1.29 is 4.79 Å². The van der Waals surface area contributed by atoms with Gasteiger partial charge in [-0.1, -0.05) is 70.0 Å². The van der Waals surface area contributed by atoms with Gasteiger partial charge in [-0.3, -0.25) is 9.79 Å². The number of carbonyl (C=O) groups excluding carboxylic acids is 1. The largest absolute Gasteiger partial charge is 0.289 e. The summed E-state index contributed by atoms with van der Waals surface area (Å²) in [4.78, 5) is 17.2. The number of hydrogen-bond acceptors (Lipinski definition) is 2. The Labute approximate surface area is 154 Å². The van der Waals surface area contributed by atoms with Crippen molar-refractivity contribution in [1.82, 2.24) is 0 Å². The first-order valence-electron chi connectivity index (χ1n) is 7.32. The molecule has 0 aromatic heterocycles. The van der Waals surface area contributed by atoms with Gasteiger partial charge in [0, 0.05) is 26.8 Å². The van der Waals surface area contributed by atoms with E-state index in [1.165, 1.54) is 0 Å². The fourth-order valence-electron chi connectivity index (χ4n) is 2.28. The van der Waals surface area contributed by atoms with E-state index in [0.717, 1.165) is 10.0 Å². The summed E-state index contributed by atoms with van der Waals surface area (Å²) >= 11 is 9.41. The van der Waals surface area contributed by atoms with Crippen molar-refractivity contribution in [2.45, 2.75) is 0 Å². The van der Waals surface area contributed by atoms with Gasteiger partial charge in [0.2, 0.25) is 0 Å². The van der Waals surface area contributed by atoms with Crippen molar-refractivity contribution >= 4 is 45.2 Å². The molecule has 118 valence electrons. The molecule has 0 bridgehead atoms. The van der Waals surface area contributed by atoms with E-state index in [2.05, 4.69) is 20.9 Å². The van der Waals surface area contributed by atoms with E-state index in [9.17, 15) is 4.79 Å². The van der Waals surface area contributed by atoms with Gasteiger partial charge in [-0.2, -0.15) is 0 Å². The highest BCUT2D eigenvalue weighted by atomic mass is 79.9. The van der Waals surface area contributed by atoms with E-state index in [1.807, 2.05) is 54.6 Å². The average Bonchev–Trinajstić information content (AvgIpc) is 2.61. The molecule has 24 heavy (non-hydrogen) atoms. The topological polar surface area (TPSA) is 29.4 Å². The summed E-state index contributed by atoms with van der Waals surface area (Å²) in [5.74, 6) is -0.0601. The van der Waals surface area contributed by atoms with Crippen molar-refractivity contribution in [1.29, 1.82) is 0 Å². The molecule has 3 aromatic rings. The smallest absolute Gasteiger partial charge is 0.195 e. The molecule has 0 saturated heterocycles. The van der Waals surface area contributed by atoms with Crippen LogP contribution in [0, 0.1) is 0 Å². The van der Waals surface area contributed by atoms with Gasteiger partial charge >= 0.3 is 0 Å². The second-order valence-electron chi connectivity index (χ2n) is 5.17. The first-order chi connectivity index (χ1) is 11.6. The van der Waals surface area contributed by atoms with Crippen molar-refractivity contribution in [2.24, 2.45) is 4.99 Å². The second-order valence-corrected chi connectivity index (χ2v) is 6.52. The van der Waals surface area contributed by atoms with E-state index in [4.69, 9.17) is 11.6 Å². The molecule has 0 atom stereocenters. The third-order valence-electron chi connectivity index (χ3n) is 3.44. The third-order valence-corrected chi connectivity index (χ3v) is 4.17. The number of halogens is 2. The number of benzene rings is 3. The lowest BCUT2D eigenvalue weighted by molar-refractivity contribution is 0.103. The summed E-state index contributed by atoms with van der Waals surface area (Å²) in [5, 5.41) is 0.648. The van der Waals surface area contributed by atoms with E-state index in [-0.39, 0.29) is 5.78 Å². The van der Waals surface area contributed by atoms with Gasteiger partial charge in [-0.05, 0) is 35.9 Å². The quantitative estimate of drug-likeness (QED) is 0.386. The Morgan fingerprint density at radius 1 is 0.958 bits per heavy atom. The minimum atomic E-state index is -0.0601. The van der Waals surface area contributed by atoms with Gasteiger partial charge in [0.15, 0.2) is 5.78 Å². The molecule has 0 spiro atoms. The maximum absolute atomic E-state index is 12.8. The van der Waals surface area contributed by atoms with Gasteiger partial charge in [-0.15, -0.1) is 0 Å². The van der Waals surface area contributed by atoms with E-state index in [1.54, 1.807) is 24.4 Å². The fourth-order valence-corrected chi connectivity index (χ4v) is 2.84. The van der Waals surface area contributed by atoms with Crippen molar-refractivity contribution in [2.75, 3.05) is 0 Å². The predicted octanol–water partition coefficient (Wildman–Crippen LogP) is 6.08. The summed E-state index contributed by atoms with van der Waals surface area (Å²) in [6.07, 6.45) is 1.71. The van der Waals surface area contributed by atoms with Crippen LogP contribution in [0.2, 0.25) is 5.02 Å². The molecular weight excluding hydrogens is 386 g/mol. The maximum Gasteiger partial charge on any atom is 0.195 e. The number of aliphatic imine (C=N–C) groups is 1. The van der Waals surface area contributed by atoms with Crippen molar-refractivity contribution in [3.63, 3.8) is 0 Å². The molecule has 0 heterocycles. The van der Waals surface area contributed by atoms with Crippen LogP contribution in [-0.4, -0.2) is 12.0 Å². The number of hydrogen-bond donors (Lipinski definition) is 0. The number of ketones is 1. The molecule has 0 aliphatic rings. The summed E-state index contributed by atoms with van der Waals surface area (Å²) in [7, 11) is 0. The summed E-state index contributed by atoms with van der Waals surface area (Å²) in [5.41, 5.74) is 2.68. The summed E-state index contributed by atoms with van der Waals surface area (Å²) < 4.78 is 0.837. The lowest BCUT2D eigenvalue weighted by Crippen LogP contribution is -2.01. The van der Waals surface area contributed by atoms with Gasteiger partial charge < -0.3 is 0 Å². The van der Waals surface area contributed by atoms with Crippen LogP contribution in [0.25, 0.3) is 0 Å². The molecule has 0 amide bonds. The van der Waals surface area contributed by atoms with Crippen LogP contribution in [0.3, 0.4) is 0 Å². The normalized spacial score (nSPS) is 10.9. The van der Waals surface area contributed by atoms with Gasteiger partial charge in [0.05, 0.1) is 5.69 Å². The molecule has 3 rings (SSSR count). The SMILES string of the molecule is O=C(c1ccccc1)c1cc(Br)ccc1N=Cc1cccc(Cl)c1. The van der Waals surface area contributed by atoms with Crippen molar-refractivity contribution in [3.05, 3.63) is 99.0 Å². The summed E-state index contributed by atoms with van der Waals surface area (Å²) in [6.45, 7) is 0. The maximum atomic E-state index is 12.8. The minimum Gasteiger partial charge on any atom is -0.289 e. The lowest BCUT2D eigenvalue weighted by Gasteiger charge is -2.06. The van der Waals surface area contributed by atoms with Gasteiger partial charge in [-0.25, -0.2) is 0 Å². The molecular formula is C20H13BrClNO. The van der Waals surface area contributed by atoms with Crippen LogP contribution in [0.5, 0.6) is 0 Å². The number of nitrogens with zero attached hydrogens (tertiary/aromatic N) is 1. The lowest BCUT2D eigenvalue weighted by atomic mass is 10.0. The Kier molecular flexibility index (Phi) is 5.24. The van der Waals surface area contributed by atoms with Crippen LogP contribution in [0.1, 0.15) is 21.5 Å². The second kappa shape index (κ2) is 7.56. The molecule has 0 fully saturated rings. The van der Waals surface area contributed by atoms with Gasteiger partial charge in [0.1, 0.15) is 0 Å². The Balaban J connectivity index is 1.98. The predicted molar refractivity (Wildman–Crippen MR) is 103 cm³/mol. The van der Waals surface area contributed by atoms with E-state index in [0.29, 0.717) is 21.8 Å². The highest BCUT2D eigenvalue weighted by Crippen LogP contribution is 2.26. The first kappa shape index (κ1) is 16.6. The molecule has 0 N–H and O–H groups in total. The fraction of sp³-hybridized carbons (Fsp3) is 0. The molecule has 2 nitrogen and oxygen atoms in total. The van der Waals surface area contributed by atoms with Crippen molar-refractivity contribution in [3.8, 4) is 0 Å². The van der Waals surface area contributed by atoms with Crippen LogP contribution in [-0.2, 0) is 0 Å². The molecule has 3 aromatic carbocycles. The Morgan fingerprint density at radius 2 is 1.75 bits per heavy atom. The monoisotopic (exact) mass is 397 g/mol. The van der Waals surface area contributed by atoms with Gasteiger partial charge in [0.25, 0.3) is 0 Å². The zero-order chi connectivity index (χ0) is 16.9. The third kappa shape index (κ3) is 3.99. The summed E-state index contributed by atoms with van der Waals surface area (Å²) in [6, 6.07) is 22.1. The number of rotatable bonds is 4.